The van der Waals surface area contributed by atoms with E-state index in [9.17, 15) is 0 Å². The first-order chi connectivity index (χ1) is 13.0. The largest absolute Gasteiger partial charge is 0.473 e. The monoisotopic (exact) mass is 370 g/mol. The van der Waals surface area contributed by atoms with Gasteiger partial charge in [-0.3, -0.25) is 0 Å². The minimum atomic E-state index is -1.82. The van der Waals surface area contributed by atoms with E-state index < -0.39 is 11.9 Å². The number of carboxylic acids is 2. The van der Waals surface area contributed by atoms with E-state index in [4.69, 9.17) is 29.3 Å². The molecule has 3 aromatic rings. The number of rotatable bonds is 4. The first-order valence-electron chi connectivity index (χ1n) is 8.15. The number of benzene rings is 2. The number of aliphatic carboxylic acids is 2. The molecule has 0 radical (unpaired) electrons. The maximum absolute atomic E-state index is 9.10. The Labute approximate surface area is 154 Å². The van der Waals surface area contributed by atoms with Crippen molar-refractivity contribution in [1.82, 2.24) is 10.3 Å². The normalized spacial score (nSPS) is 11.7. The number of H-pyrrole nitrogens is 1. The Balaban J connectivity index is 0.000000307. The standard InChI is InChI=1S/C17H16N2O2.C2H2O4/c1-2-4-15-14(3-1)13(10-19-15)9-18-8-12-5-6-16-17(7-12)21-11-20-16;3-1(4)2(5)6/h1-7,10,18-19H,8-9,11H2;(H,3,4)(H,5,6). The summed E-state index contributed by atoms with van der Waals surface area (Å²) in [5.74, 6) is -1.98. The van der Waals surface area contributed by atoms with Gasteiger partial charge in [0.15, 0.2) is 11.5 Å². The van der Waals surface area contributed by atoms with Crippen LogP contribution in [0.2, 0.25) is 0 Å². The number of hydrogen-bond acceptors (Lipinski definition) is 5. The fourth-order valence-electron chi connectivity index (χ4n) is 2.67. The van der Waals surface area contributed by atoms with Gasteiger partial charge in [-0.05, 0) is 29.3 Å². The number of ether oxygens (including phenoxy) is 2. The van der Waals surface area contributed by atoms with Crippen LogP contribution in [0.3, 0.4) is 0 Å². The van der Waals surface area contributed by atoms with E-state index in [1.54, 1.807) is 0 Å². The van der Waals surface area contributed by atoms with Gasteiger partial charge >= 0.3 is 11.9 Å². The molecule has 1 aliphatic rings. The van der Waals surface area contributed by atoms with Crippen molar-refractivity contribution in [2.75, 3.05) is 6.79 Å². The number of para-hydroxylation sites is 1. The number of carbonyl (C=O) groups is 2. The molecule has 27 heavy (non-hydrogen) atoms. The van der Waals surface area contributed by atoms with E-state index in [2.05, 4.69) is 40.8 Å². The van der Waals surface area contributed by atoms with Gasteiger partial charge in [0.1, 0.15) is 0 Å². The molecule has 140 valence electrons. The van der Waals surface area contributed by atoms with E-state index >= 15 is 0 Å². The predicted molar refractivity (Wildman–Crippen MR) is 96.7 cm³/mol. The summed E-state index contributed by atoms with van der Waals surface area (Å²) in [5, 5.41) is 19.5. The fourth-order valence-corrected chi connectivity index (χ4v) is 2.67. The molecule has 4 N–H and O–H groups in total. The number of nitrogens with one attached hydrogen (secondary N) is 2. The van der Waals surface area contributed by atoms with Gasteiger partial charge in [0.25, 0.3) is 0 Å². The zero-order valence-electron chi connectivity index (χ0n) is 14.3. The molecule has 1 aromatic heterocycles. The van der Waals surface area contributed by atoms with Crippen molar-refractivity contribution in [3.05, 3.63) is 59.8 Å². The summed E-state index contributed by atoms with van der Waals surface area (Å²) in [6.45, 7) is 1.95. The lowest BCUT2D eigenvalue weighted by molar-refractivity contribution is -0.159. The number of fused-ring (bicyclic) bond motifs is 2. The van der Waals surface area contributed by atoms with Crippen molar-refractivity contribution in [1.29, 1.82) is 0 Å². The molecule has 0 amide bonds. The van der Waals surface area contributed by atoms with Gasteiger partial charge in [-0.1, -0.05) is 24.3 Å². The lowest BCUT2D eigenvalue weighted by Crippen LogP contribution is -2.12. The van der Waals surface area contributed by atoms with Crippen molar-refractivity contribution < 1.29 is 29.3 Å². The summed E-state index contributed by atoms with van der Waals surface area (Å²) < 4.78 is 10.7. The Hall–Kier alpha value is -3.52. The zero-order valence-corrected chi connectivity index (χ0v) is 14.3. The smallest absolute Gasteiger partial charge is 0.414 e. The van der Waals surface area contributed by atoms with Gasteiger partial charge in [-0.2, -0.15) is 0 Å². The van der Waals surface area contributed by atoms with Gasteiger partial charge in [0, 0.05) is 30.2 Å². The molecular weight excluding hydrogens is 352 g/mol. The SMILES string of the molecule is O=C(O)C(=O)O.c1ccc2c(CNCc3ccc4c(c3)OCO4)c[nH]c2c1. The molecule has 0 aliphatic carbocycles. The molecule has 0 saturated carbocycles. The maximum atomic E-state index is 9.10. The molecule has 2 aromatic carbocycles. The average molecular weight is 370 g/mol. The summed E-state index contributed by atoms with van der Waals surface area (Å²) in [5.41, 5.74) is 3.66. The molecule has 0 bridgehead atoms. The Kier molecular flexibility index (Phi) is 5.58. The third-order valence-electron chi connectivity index (χ3n) is 3.94. The van der Waals surface area contributed by atoms with Gasteiger partial charge in [0.2, 0.25) is 6.79 Å². The van der Waals surface area contributed by atoms with Crippen molar-refractivity contribution in [2.24, 2.45) is 0 Å². The number of hydrogen-bond donors (Lipinski definition) is 4. The molecule has 2 heterocycles. The van der Waals surface area contributed by atoms with Gasteiger partial charge < -0.3 is 30.0 Å². The molecule has 8 heteroatoms. The Morgan fingerprint density at radius 2 is 1.74 bits per heavy atom. The quantitative estimate of drug-likeness (QED) is 0.520. The molecule has 4 rings (SSSR count). The number of aromatic amines is 1. The van der Waals surface area contributed by atoms with Crippen LogP contribution >= 0.6 is 0 Å². The lowest BCUT2D eigenvalue weighted by Gasteiger charge is -2.05. The highest BCUT2D eigenvalue weighted by Crippen LogP contribution is 2.32. The molecular formula is C19H18N2O6. The molecule has 0 fully saturated rings. The topological polar surface area (TPSA) is 121 Å². The highest BCUT2D eigenvalue weighted by molar-refractivity contribution is 6.27. The number of carboxylic acid groups (broad SMARTS) is 2. The predicted octanol–water partition coefficient (Wildman–Crippen LogP) is 2.34. The molecule has 1 aliphatic heterocycles. The third-order valence-corrected chi connectivity index (χ3v) is 3.94. The minimum Gasteiger partial charge on any atom is -0.473 e. The Morgan fingerprint density at radius 3 is 2.52 bits per heavy atom. The first-order valence-corrected chi connectivity index (χ1v) is 8.15. The Bertz CT molecular complexity index is 954. The maximum Gasteiger partial charge on any atom is 0.414 e. The molecule has 0 unspecified atom stereocenters. The van der Waals surface area contributed by atoms with E-state index in [0.29, 0.717) is 6.79 Å². The van der Waals surface area contributed by atoms with E-state index in [1.807, 2.05) is 18.2 Å². The second kappa shape index (κ2) is 8.24. The highest BCUT2D eigenvalue weighted by atomic mass is 16.7. The summed E-state index contributed by atoms with van der Waals surface area (Å²) >= 11 is 0. The van der Waals surface area contributed by atoms with Crippen LogP contribution in [0.1, 0.15) is 11.1 Å². The highest BCUT2D eigenvalue weighted by Gasteiger charge is 2.13. The van der Waals surface area contributed by atoms with Gasteiger partial charge in [0.05, 0.1) is 0 Å². The van der Waals surface area contributed by atoms with Crippen molar-refractivity contribution in [3.8, 4) is 11.5 Å². The average Bonchev–Trinajstić information content (AvgIpc) is 3.29. The first kappa shape index (κ1) is 18.3. The van der Waals surface area contributed by atoms with Crippen LogP contribution in [0.5, 0.6) is 11.5 Å². The number of aromatic nitrogens is 1. The van der Waals surface area contributed by atoms with Crippen LogP contribution in [-0.2, 0) is 22.7 Å². The van der Waals surface area contributed by atoms with Crippen molar-refractivity contribution >= 4 is 22.8 Å². The summed E-state index contributed by atoms with van der Waals surface area (Å²) in [6.07, 6.45) is 2.07. The second-order valence-corrected chi connectivity index (χ2v) is 5.76. The molecule has 0 saturated heterocycles. The van der Waals surface area contributed by atoms with Crippen molar-refractivity contribution in [2.45, 2.75) is 13.1 Å². The summed E-state index contributed by atoms with van der Waals surface area (Å²) in [4.78, 5) is 21.5. The summed E-state index contributed by atoms with van der Waals surface area (Å²) in [7, 11) is 0. The van der Waals surface area contributed by atoms with Crippen LogP contribution < -0.4 is 14.8 Å². The van der Waals surface area contributed by atoms with Crippen molar-refractivity contribution in [3.63, 3.8) is 0 Å². The van der Waals surface area contributed by atoms with E-state index in [0.717, 1.165) is 24.6 Å². The molecule has 0 atom stereocenters. The molecule has 0 spiro atoms. The zero-order chi connectivity index (χ0) is 19.2. The van der Waals surface area contributed by atoms with Crippen LogP contribution in [0.15, 0.2) is 48.7 Å². The third kappa shape index (κ3) is 4.56. The fraction of sp³-hybridized carbons (Fsp3) is 0.158. The second-order valence-electron chi connectivity index (χ2n) is 5.76. The summed E-state index contributed by atoms with van der Waals surface area (Å²) in [6, 6.07) is 14.4. The van der Waals surface area contributed by atoms with E-state index in [1.165, 1.54) is 22.0 Å². The Morgan fingerprint density at radius 1 is 1.00 bits per heavy atom. The van der Waals surface area contributed by atoms with Crippen LogP contribution in [-0.4, -0.2) is 33.9 Å². The van der Waals surface area contributed by atoms with E-state index in [-0.39, 0.29) is 0 Å². The van der Waals surface area contributed by atoms with Crippen LogP contribution in [0.4, 0.5) is 0 Å². The van der Waals surface area contributed by atoms with Gasteiger partial charge in [-0.15, -0.1) is 0 Å². The van der Waals surface area contributed by atoms with Gasteiger partial charge in [-0.25, -0.2) is 9.59 Å². The molecule has 8 nitrogen and oxygen atoms in total. The minimum absolute atomic E-state index is 0.321. The van der Waals surface area contributed by atoms with Crippen LogP contribution in [0, 0.1) is 0 Å². The lowest BCUT2D eigenvalue weighted by atomic mass is 10.1. The van der Waals surface area contributed by atoms with Crippen LogP contribution in [0.25, 0.3) is 10.9 Å².